The summed E-state index contributed by atoms with van der Waals surface area (Å²) < 4.78 is 24.7. The molecule has 1 N–H and O–H groups in total. The van der Waals surface area contributed by atoms with Gasteiger partial charge in [0.25, 0.3) is 15.6 Å². The minimum atomic E-state index is -4.30. The second kappa shape index (κ2) is 5.06. The number of aromatic nitrogens is 2. The van der Waals surface area contributed by atoms with Crippen LogP contribution in [0.4, 0.5) is 0 Å². The second-order valence-electron chi connectivity index (χ2n) is 3.68. The van der Waals surface area contributed by atoms with Crippen molar-refractivity contribution in [1.29, 1.82) is 0 Å². The zero-order valence-electron chi connectivity index (χ0n) is 9.72. The molecule has 1 heterocycles. The first kappa shape index (κ1) is 14.2. The molecule has 0 radical (unpaired) electrons. The molecule has 2 aromatic rings. The van der Waals surface area contributed by atoms with Gasteiger partial charge in [-0.1, -0.05) is 17.7 Å². The van der Waals surface area contributed by atoms with Crippen LogP contribution < -0.4 is 5.56 Å². The Morgan fingerprint density at radius 2 is 1.95 bits per heavy atom. The number of carbonyl (C=O) groups is 1. The summed E-state index contributed by atoms with van der Waals surface area (Å²) in [5.74, 6) is -1.28. The molecule has 0 atom stereocenters. The molecule has 0 aliphatic rings. The molecule has 0 bridgehead atoms. The summed E-state index contributed by atoms with van der Waals surface area (Å²) in [6.07, 6.45) is 0. The van der Waals surface area contributed by atoms with Crippen LogP contribution in [0.2, 0.25) is 5.15 Å². The number of carboxylic acid groups (broad SMARTS) is 1. The number of nitrogens with zero attached hydrogens (tertiary/aromatic N) is 2. The van der Waals surface area contributed by atoms with E-state index in [1.807, 2.05) is 0 Å². The third-order valence-electron chi connectivity index (χ3n) is 2.34. The number of aromatic carboxylic acids is 1. The van der Waals surface area contributed by atoms with Crippen molar-refractivity contribution in [1.82, 2.24) is 9.19 Å². The minimum Gasteiger partial charge on any atom is -0.478 e. The third kappa shape index (κ3) is 2.56. The maximum absolute atomic E-state index is 12.2. The van der Waals surface area contributed by atoms with E-state index in [4.69, 9.17) is 16.7 Å². The number of hydrogen-bond donors (Lipinski definition) is 1. The van der Waals surface area contributed by atoms with E-state index < -0.39 is 21.6 Å². The van der Waals surface area contributed by atoms with Crippen LogP contribution in [0.3, 0.4) is 0 Å². The number of carboxylic acids is 1. The first-order valence-electron chi connectivity index (χ1n) is 5.17. The Labute approximate surface area is 118 Å². The molecule has 0 spiro atoms. The van der Waals surface area contributed by atoms with Gasteiger partial charge in [-0.05, 0) is 24.3 Å². The highest BCUT2D eigenvalue weighted by atomic mass is 35.5. The first-order valence-corrected chi connectivity index (χ1v) is 6.99. The highest BCUT2D eigenvalue weighted by Gasteiger charge is 2.21. The van der Waals surface area contributed by atoms with Gasteiger partial charge < -0.3 is 5.11 Å². The molecule has 2 rings (SSSR count). The molecule has 0 saturated heterocycles. The monoisotopic (exact) mass is 314 g/mol. The molecule has 9 heteroatoms. The maximum atomic E-state index is 12.2. The average Bonchev–Trinajstić information content (AvgIpc) is 2.41. The SMILES string of the molecule is O=C(O)c1cccc(S(=O)(=O)n2nc(Cl)ccc2=O)c1. The molecule has 0 fully saturated rings. The maximum Gasteiger partial charge on any atom is 0.335 e. The molecule has 104 valence electrons. The number of halogens is 1. The minimum absolute atomic E-state index is 0.178. The normalized spacial score (nSPS) is 11.2. The number of rotatable bonds is 3. The van der Waals surface area contributed by atoms with Gasteiger partial charge in [-0.25, -0.2) is 4.79 Å². The van der Waals surface area contributed by atoms with E-state index in [0.29, 0.717) is 0 Å². The van der Waals surface area contributed by atoms with Crippen molar-refractivity contribution in [3.05, 3.63) is 57.5 Å². The topological polar surface area (TPSA) is 106 Å². The van der Waals surface area contributed by atoms with E-state index >= 15 is 0 Å². The van der Waals surface area contributed by atoms with E-state index in [0.717, 1.165) is 24.3 Å². The van der Waals surface area contributed by atoms with Crippen molar-refractivity contribution in [3.63, 3.8) is 0 Å². The molecule has 1 aromatic carbocycles. The zero-order chi connectivity index (χ0) is 14.9. The Morgan fingerprint density at radius 1 is 1.25 bits per heavy atom. The molecule has 0 aliphatic heterocycles. The van der Waals surface area contributed by atoms with E-state index in [1.165, 1.54) is 12.1 Å². The van der Waals surface area contributed by atoms with E-state index in [-0.39, 0.29) is 19.7 Å². The van der Waals surface area contributed by atoms with Gasteiger partial charge in [0, 0.05) is 6.07 Å². The summed E-state index contributed by atoms with van der Waals surface area (Å²) in [5, 5.41) is 12.1. The molecule has 0 amide bonds. The van der Waals surface area contributed by atoms with Crippen molar-refractivity contribution < 1.29 is 18.3 Å². The van der Waals surface area contributed by atoms with Crippen molar-refractivity contribution in [2.24, 2.45) is 0 Å². The summed E-state index contributed by atoms with van der Waals surface area (Å²) >= 11 is 5.56. The Kier molecular flexibility index (Phi) is 3.60. The Hall–Kier alpha value is -2.19. The molecule has 7 nitrogen and oxygen atoms in total. The van der Waals surface area contributed by atoms with Gasteiger partial charge in [0.05, 0.1) is 10.5 Å². The fraction of sp³-hybridized carbons (Fsp3) is 0. The van der Waals surface area contributed by atoms with Gasteiger partial charge in [-0.3, -0.25) is 4.79 Å². The van der Waals surface area contributed by atoms with Crippen molar-refractivity contribution >= 4 is 27.6 Å². The van der Waals surface area contributed by atoms with Crippen LogP contribution in [-0.4, -0.2) is 28.7 Å². The van der Waals surface area contributed by atoms with Gasteiger partial charge in [0.15, 0.2) is 5.15 Å². The molecule has 20 heavy (non-hydrogen) atoms. The molecular formula is C11H7ClN2O5S. The van der Waals surface area contributed by atoms with Gasteiger partial charge in [0.2, 0.25) is 0 Å². The lowest BCUT2D eigenvalue weighted by molar-refractivity contribution is 0.0696. The third-order valence-corrected chi connectivity index (χ3v) is 4.11. The molecule has 1 aromatic heterocycles. The fourth-order valence-corrected chi connectivity index (χ4v) is 2.84. The van der Waals surface area contributed by atoms with Crippen molar-refractivity contribution in [2.75, 3.05) is 0 Å². The van der Waals surface area contributed by atoms with Crippen LogP contribution in [0.1, 0.15) is 10.4 Å². The van der Waals surface area contributed by atoms with Crippen LogP contribution in [0.25, 0.3) is 0 Å². The van der Waals surface area contributed by atoms with Gasteiger partial charge in [0.1, 0.15) is 0 Å². The summed E-state index contributed by atoms with van der Waals surface area (Å²) in [4.78, 5) is 22.0. The van der Waals surface area contributed by atoms with Crippen LogP contribution in [-0.2, 0) is 10.0 Å². The lowest BCUT2D eigenvalue weighted by Gasteiger charge is -2.06. The number of benzene rings is 1. The largest absolute Gasteiger partial charge is 0.478 e. The Morgan fingerprint density at radius 3 is 2.60 bits per heavy atom. The van der Waals surface area contributed by atoms with Gasteiger partial charge in [-0.15, -0.1) is 9.19 Å². The number of hydrogen-bond acceptors (Lipinski definition) is 5. The van der Waals surface area contributed by atoms with Crippen molar-refractivity contribution in [2.45, 2.75) is 4.90 Å². The Balaban J connectivity index is 2.67. The quantitative estimate of drug-likeness (QED) is 0.899. The van der Waals surface area contributed by atoms with Crippen LogP contribution >= 0.6 is 11.6 Å². The van der Waals surface area contributed by atoms with Gasteiger partial charge in [-0.2, -0.15) is 8.42 Å². The molecule has 0 saturated carbocycles. The summed E-state index contributed by atoms with van der Waals surface area (Å²) in [7, 11) is -4.30. The fourth-order valence-electron chi connectivity index (χ4n) is 1.43. The van der Waals surface area contributed by atoms with Crippen LogP contribution in [0, 0.1) is 0 Å². The zero-order valence-corrected chi connectivity index (χ0v) is 11.3. The van der Waals surface area contributed by atoms with Crippen LogP contribution in [0.15, 0.2) is 46.1 Å². The van der Waals surface area contributed by atoms with E-state index in [1.54, 1.807) is 0 Å². The second-order valence-corrected chi connectivity index (χ2v) is 5.83. The average molecular weight is 315 g/mol. The van der Waals surface area contributed by atoms with Crippen molar-refractivity contribution in [3.8, 4) is 0 Å². The first-order chi connectivity index (χ1) is 9.32. The smallest absolute Gasteiger partial charge is 0.335 e. The molecular weight excluding hydrogens is 308 g/mol. The predicted octanol–water partition coefficient (Wildman–Crippen LogP) is 0.832. The molecule has 0 unspecified atom stereocenters. The van der Waals surface area contributed by atoms with E-state index in [2.05, 4.69) is 5.10 Å². The summed E-state index contributed by atoms with van der Waals surface area (Å²) in [5.41, 5.74) is -1.11. The highest BCUT2D eigenvalue weighted by Crippen LogP contribution is 2.14. The lowest BCUT2D eigenvalue weighted by atomic mass is 10.2. The van der Waals surface area contributed by atoms with Gasteiger partial charge >= 0.3 is 5.97 Å². The Bertz CT molecular complexity index is 844. The molecule has 0 aliphatic carbocycles. The van der Waals surface area contributed by atoms with Crippen LogP contribution in [0.5, 0.6) is 0 Å². The predicted molar refractivity (Wildman–Crippen MR) is 69.5 cm³/mol. The highest BCUT2D eigenvalue weighted by molar-refractivity contribution is 7.89. The standard InChI is InChI=1S/C11H7ClN2O5S/c12-9-4-5-10(15)14(13-9)20(18,19)8-3-1-2-7(6-8)11(16)17/h1-6H,(H,16,17). The lowest BCUT2D eigenvalue weighted by Crippen LogP contribution is -2.29. The van der Waals surface area contributed by atoms with E-state index in [9.17, 15) is 18.0 Å². The summed E-state index contributed by atoms with van der Waals surface area (Å²) in [6, 6.07) is 6.70. The summed E-state index contributed by atoms with van der Waals surface area (Å²) in [6.45, 7) is 0.